The van der Waals surface area contributed by atoms with Crippen LogP contribution < -0.4 is 5.32 Å². The van der Waals surface area contributed by atoms with Crippen LogP contribution >= 0.6 is 0 Å². The lowest BCUT2D eigenvalue weighted by molar-refractivity contribution is -0.320. The van der Waals surface area contributed by atoms with E-state index in [0.717, 1.165) is 0 Å². The van der Waals surface area contributed by atoms with Gasteiger partial charge in [0.1, 0.15) is 18.0 Å². The molecule has 16 heteroatoms. The topological polar surface area (TPSA) is 187 Å². The molecule has 16 nitrogen and oxygen atoms in total. The van der Waals surface area contributed by atoms with E-state index in [4.69, 9.17) is 42.6 Å². The van der Waals surface area contributed by atoms with Gasteiger partial charge >= 0.3 is 18.0 Å². The highest BCUT2D eigenvalue weighted by molar-refractivity contribution is 5.85. The number of hydrogen-bond donors (Lipinski definition) is 2. The Morgan fingerprint density at radius 3 is 2.11 bits per heavy atom. The summed E-state index contributed by atoms with van der Waals surface area (Å²) in [5, 5.41) is 13.8. The fourth-order valence-electron chi connectivity index (χ4n) is 9.64. The maximum Gasteiger partial charge on any atom is 0.408 e. The van der Waals surface area contributed by atoms with Crippen molar-refractivity contribution in [3.8, 4) is 0 Å². The molecular weight excluding hydrogens is 744 g/mol. The first-order valence-electron chi connectivity index (χ1n) is 20.4. The Kier molecular flexibility index (Phi) is 15.3. The molecule has 4 aliphatic heterocycles. The number of Topliss-reactive ketones (excluding diaryl/α,β-unsaturated/α-hetero) is 1. The number of methoxy groups -OCH3 is 2. The molecule has 2 N–H and O–H groups in total. The van der Waals surface area contributed by atoms with Crippen molar-refractivity contribution in [3.05, 3.63) is 0 Å². The van der Waals surface area contributed by atoms with Gasteiger partial charge in [0, 0.05) is 45.3 Å². The van der Waals surface area contributed by atoms with Crippen LogP contribution in [0.2, 0.25) is 0 Å². The van der Waals surface area contributed by atoms with Crippen LogP contribution in [-0.4, -0.2) is 146 Å². The quantitative estimate of drug-likeness (QED) is 0.253. The summed E-state index contributed by atoms with van der Waals surface area (Å²) in [6.07, 6.45) is -7.36. The molecule has 4 rings (SSSR count). The first-order chi connectivity index (χ1) is 26.5. The zero-order valence-electron chi connectivity index (χ0n) is 36.7. The van der Waals surface area contributed by atoms with Gasteiger partial charge in [0.15, 0.2) is 24.3 Å². The third-order valence-electron chi connectivity index (χ3n) is 13.2. The van der Waals surface area contributed by atoms with Crippen molar-refractivity contribution < 1.29 is 66.9 Å². The minimum atomic E-state index is -1.37. The molecule has 0 saturated carbocycles. The number of hydrogen-bond acceptors (Lipinski definition) is 15. The molecule has 18 atom stereocenters. The molecule has 4 saturated heterocycles. The number of esters is 2. The van der Waals surface area contributed by atoms with Crippen LogP contribution in [0, 0.1) is 23.7 Å². The van der Waals surface area contributed by atoms with Crippen LogP contribution in [0.1, 0.15) is 102 Å². The smallest absolute Gasteiger partial charge is 0.408 e. The van der Waals surface area contributed by atoms with E-state index in [1.54, 1.807) is 34.6 Å². The highest BCUT2D eigenvalue weighted by Gasteiger charge is 2.58. The number of rotatable bonds is 9. The number of carbonyl (C=O) groups excluding carboxylic acids is 4. The number of ketones is 1. The van der Waals surface area contributed by atoms with Gasteiger partial charge in [-0.1, -0.05) is 27.7 Å². The number of carbonyl (C=O) groups is 4. The van der Waals surface area contributed by atoms with E-state index in [9.17, 15) is 24.3 Å². The van der Waals surface area contributed by atoms with Crippen molar-refractivity contribution in [1.82, 2.24) is 10.2 Å². The summed E-state index contributed by atoms with van der Waals surface area (Å²) in [5.41, 5.74) is -3.67. The highest BCUT2D eigenvalue weighted by Crippen LogP contribution is 2.43. The first kappa shape index (κ1) is 47.2. The van der Waals surface area contributed by atoms with Gasteiger partial charge in [0.2, 0.25) is 0 Å². The van der Waals surface area contributed by atoms with E-state index in [2.05, 4.69) is 5.32 Å². The number of fused-ring (bicyclic) bond motifs is 1. The molecule has 4 fully saturated rings. The van der Waals surface area contributed by atoms with Crippen molar-refractivity contribution in [3.63, 3.8) is 0 Å². The number of nitrogens with zero attached hydrogens (tertiary/aromatic N) is 1. The lowest BCUT2D eigenvalue weighted by Gasteiger charge is -2.50. The molecule has 1 amide bonds. The third kappa shape index (κ3) is 9.80. The maximum absolute atomic E-state index is 14.5. The Morgan fingerprint density at radius 1 is 0.912 bits per heavy atom. The van der Waals surface area contributed by atoms with Crippen LogP contribution in [-0.2, 0) is 57.0 Å². The minimum Gasteiger partial charge on any atom is -0.458 e. The molecule has 57 heavy (non-hydrogen) atoms. The summed E-state index contributed by atoms with van der Waals surface area (Å²) in [6.45, 7) is 19.2. The Bertz CT molecular complexity index is 1430. The number of ether oxygens (including phenoxy) is 9. The summed E-state index contributed by atoms with van der Waals surface area (Å²) in [7, 11) is 6.83. The molecule has 0 spiro atoms. The Hall–Kier alpha value is -2.44. The number of cyclic esters (lactones) is 1. The SMILES string of the molecule is CC[C@H]1OC(=O)[C@H](C)[C@@H](OC2C[C@@](C)(OC)C(O)[C@H](C)O2)[C@H](C)[C@@H](O[C@@H]2O[C@H](C)C[C@H](N(C)C)[C@H]2OC(C)=O)[C@](C)(OC)C[C@@H](C)C(=O)[C@H](C)[C@H]2NC(=O)O[C@@]21C. The lowest BCUT2D eigenvalue weighted by Crippen LogP contribution is -2.62. The van der Waals surface area contributed by atoms with Crippen LogP contribution in [0.4, 0.5) is 4.79 Å². The first-order valence-corrected chi connectivity index (χ1v) is 20.4. The second-order valence-corrected chi connectivity index (χ2v) is 17.7. The van der Waals surface area contributed by atoms with E-state index in [1.807, 2.05) is 53.6 Å². The molecule has 328 valence electrons. The summed E-state index contributed by atoms with van der Waals surface area (Å²) in [5.74, 6) is -4.42. The number of amides is 1. The largest absolute Gasteiger partial charge is 0.458 e. The maximum atomic E-state index is 14.5. The zero-order valence-corrected chi connectivity index (χ0v) is 36.7. The summed E-state index contributed by atoms with van der Waals surface area (Å²) in [4.78, 5) is 56.4. The lowest BCUT2D eigenvalue weighted by atomic mass is 9.73. The van der Waals surface area contributed by atoms with E-state index < -0.39 is 114 Å². The molecule has 4 heterocycles. The number of aliphatic hydroxyl groups is 1. The summed E-state index contributed by atoms with van der Waals surface area (Å²) >= 11 is 0. The van der Waals surface area contributed by atoms with Crippen LogP contribution in [0.15, 0.2) is 0 Å². The molecule has 0 aromatic heterocycles. The van der Waals surface area contributed by atoms with Gasteiger partial charge in [0.25, 0.3) is 0 Å². The summed E-state index contributed by atoms with van der Waals surface area (Å²) in [6, 6.07) is -1.09. The van der Waals surface area contributed by atoms with E-state index in [-0.39, 0.29) is 37.2 Å². The van der Waals surface area contributed by atoms with E-state index in [1.165, 1.54) is 21.1 Å². The number of likely N-dealkylation sites (N-methyl/N-ethyl adjacent to an activating group) is 1. The second kappa shape index (κ2) is 18.4. The van der Waals surface area contributed by atoms with Gasteiger partial charge in [-0.15, -0.1) is 0 Å². The van der Waals surface area contributed by atoms with Crippen molar-refractivity contribution in [2.75, 3.05) is 28.3 Å². The number of alkyl carbamates (subject to hydrolysis) is 1. The Balaban J connectivity index is 1.91. The van der Waals surface area contributed by atoms with Crippen molar-refractivity contribution in [2.24, 2.45) is 23.7 Å². The molecule has 0 aromatic rings. The second-order valence-electron chi connectivity index (χ2n) is 17.7. The molecular formula is C41H70N2O14. The zero-order chi connectivity index (χ0) is 42.9. The predicted octanol–water partition coefficient (Wildman–Crippen LogP) is 3.77. The normalized spacial score (nSPS) is 46.3. The fourth-order valence-corrected chi connectivity index (χ4v) is 9.64. The van der Waals surface area contributed by atoms with Crippen molar-refractivity contribution in [2.45, 2.75) is 186 Å². The average molecular weight is 815 g/mol. The van der Waals surface area contributed by atoms with E-state index in [0.29, 0.717) is 6.42 Å². The van der Waals surface area contributed by atoms with Crippen LogP contribution in [0.5, 0.6) is 0 Å². The Labute approximate surface area is 338 Å². The average Bonchev–Trinajstić information content (AvgIpc) is 3.46. The van der Waals surface area contributed by atoms with Crippen LogP contribution in [0.25, 0.3) is 0 Å². The number of nitrogens with one attached hydrogen (secondary N) is 1. The number of aliphatic hydroxyl groups excluding tert-OH is 1. The minimum absolute atomic E-state index is 0.123. The van der Waals surface area contributed by atoms with Gasteiger partial charge < -0.3 is 58.0 Å². The highest BCUT2D eigenvalue weighted by atomic mass is 16.7. The standard InChI is InChI=1S/C41H70N2O14/c1-16-28-41(11)33(42-38(48)57-41)22(4)30(45)20(2)18-40(10,50-15)35(56-37-32(53-26(8)44)27(43(12)13)17-21(3)51-37)23(5)31(24(6)36(47)54-28)55-29-19-39(9,49-14)34(46)25(7)52-29/h20-25,27-29,31-35,37,46H,16-19H2,1-15H3,(H,42,48)/t20-,21-,22+,23+,24-,25+,27+,28-,29?,31+,32-,33-,34?,35-,37+,39-,40-,41-/m1/s1. The van der Waals surface area contributed by atoms with Crippen molar-refractivity contribution >= 4 is 23.8 Å². The Morgan fingerprint density at radius 2 is 1.54 bits per heavy atom. The molecule has 0 bridgehead atoms. The van der Waals surface area contributed by atoms with Crippen molar-refractivity contribution in [1.29, 1.82) is 0 Å². The molecule has 0 aliphatic carbocycles. The third-order valence-corrected chi connectivity index (χ3v) is 13.2. The van der Waals surface area contributed by atoms with Gasteiger partial charge in [-0.05, 0) is 74.9 Å². The van der Waals surface area contributed by atoms with E-state index >= 15 is 0 Å². The fraction of sp³-hybridized carbons (Fsp3) is 0.902. The molecule has 0 radical (unpaired) electrons. The van der Waals surface area contributed by atoms with Gasteiger partial charge in [-0.25, -0.2) is 4.79 Å². The van der Waals surface area contributed by atoms with Gasteiger partial charge in [-0.3, -0.25) is 14.4 Å². The molecule has 0 aromatic carbocycles. The molecule has 2 unspecified atom stereocenters. The molecule has 4 aliphatic rings. The predicted molar refractivity (Wildman–Crippen MR) is 206 cm³/mol. The monoisotopic (exact) mass is 814 g/mol. The van der Waals surface area contributed by atoms with Gasteiger partial charge in [0.05, 0.1) is 53.6 Å². The van der Waals surface area contributed by atoms with Gasteiger partial charge in [-0.2, -0.15) is 0 Å². The van der Waals surface area contributed by atoms with Crippen LogP contribution in [0.3, 0.4) is 0 Å². The summed E-state index contributed by atoms with van der Waals surface area (Å²) < 4.78 is 56.7.